The lowest BCUT2D eigenvalue weighted by Gasteiger charge is -2.30. The van der Waals surface area contributed by atoms with E-state index in [1.807, 2.05) is 24.3 Å². The number of carbonyl (C=O) groups excluding carboxylic acids is 3. The van der Waals surface area contributed by atoms with Gasteiger partial charge in [0.25, 0.3) is 0 Å². The van der Waals surface area contributed by atoms with Gasteiger partial charge >= 0.3 is 0 Å². The Kier molecular flexibility index (Phi) is 6.47. The SMILES string of the molecule is COCCN1C(=O)C[C@](CC(=O)N(C)C[C@H]2Cc3ccccc3O2)(c2ccccc2F)C1=O. The van der Waals surface area contributed by atoms with Crippen molar-refractivity contribution in [1.29, 1.82) is 0 Å². The van der Waals surface area contributed by atoms with Crippen LogP contribution >= 0.6 is 0 Å². The quantitative estimate of drug-likeness (QED) is 0.573. The molecule has 2 aromatic rings. The predicted octanol–water partition coefficient (Wildman–Crippen LogP) is 2.32. The summed E-state index contributed by atoms with van der Waals surface area (Å²) in [4.78, 5) is 42.0. The highest BCUT2D eigenvalue weighted by atomic mass is 19.1. The molecule has 8 heteroatoms. The number of carbonyl (C=O) groups is 3. The lowest BCUT2D eigenvalue weighted by Crippen LogP contribution is -2.45. The van der Waals surface area contributed by atoms with Gasteiger partial charge in [0.15, 0.2) is 0 Å². The molecule has 0 unspecified atom stereocenters. The highest BCUT2D eigenvalue weighted by Gasteiger charge is 2.55. The van der Waals surface area contributed by atoms with Crippen LogP contribution < -0.4 is 4.74 Å². The second kappa shape index (κ2) is 9.31. The molecular weight excluding hydrogens is 427 g/mol. The zero-order chi connectivity index (χ0) is 23.6. The first-order chi connectivity index (χ1) is 15.9. The predicted molar refractivity (Wildman–Crippen MR) is 118 cm³/mol. The number of likely N-dealkylation sites (N-methyl/N-ethyl adjacent to an activating group) is 1. The molecule has 2 aromatic carbocycles. The summed E-state index contributed by atoms with van der Waals surface area (Å²) in [6.07, 6.45) is -0.103. The van der Waals surface area contributed by atoms with Crippen LogP contribution in [-0.4, -0.2) is 67.5 Å². The summed E-state index contributed by atoms with van der Waals surface area (Å²) >= 11 is 0. The van der Waals surface area contributed by atoms with Crippen LogP contribution in [0.4, 0.5) is 4.39 Å². The molecule has 7 nitrogen and oxygen atoms in total. The van der Waals surface area contributed by atoms with Crippen molar-refractivity contribution in [2.75, 3.05) is 33.9 Å². The fourth-order valence-electron chi connectivity index (χ4n) is 4.66. The van der Waals surface area contributed by atoms with E-state index in [2.05, 4.69) is 0 Å². The number of fused-ring (bicyclic) bond motifs is 1. The standard InChI is InChI=1S/C25H27FN2O5/c1-27(16-18-13-17-7-3-6-10-21(17)33-18)22(29)14-25(19-8-4-5-9-20(19)26)15-23(30)28(24(25)31)11-12-32-2/h3-10,18H,11-16H2,1-2H3/t18-,25-/m1/s1. The maximum Gasteiger partial charge on any atom is 0.241 e. The van der Waals surface area contributed by atoms with Gasteiger partial charge in [-0.05, 0) is 17.7 Å². The molecule has 0 radical (unpaired) electrons. The molecule has 0 aromatic heterocycles. The molecule has 1 saturated heterocycles. The van der Waals surface area contributed by atoms with Crippen LogP contribution in [0.1, 0.15) is 24.0 Å². The zero-order valence-electron chi connectivity index (χ0n) is 18.8. The molecule has 0 spiro atoms. The van der Waals surface area contributed by atoms with Crippen molar-refractivity contribution in [1.82, 2.24) is 9.80 Å². The van der Waals surface area contributed by atoms with E-state index in [1.54, 1.807) is 13.1 Å². The van der Waals surface area contributed by atoms with E-state index in [9.17, 15) is 18.8 Å². The topological polar surface area (TPSA) is 76.2 Å². The van der Waals surface area contributed by atoms with Crippen LogP contribution in [-0.2, 0) is 31.0 Å². The number of rotatable bonds is 8. The third kappa shape index (κ3) is 4.35. The Morgan fingerprint density at radius 3 is 2.67 bits per heavy atom. The summed E-state index contributed by atoms with van der Waals surface area (Å²) in [5.41, 5.74) is -0.438. The average molecular weight is 454 g/mol. The highest BCUT2D eigenvalue weighted by molar-refractivity contribution is 6.10. The number of amides is 3. The fourth-order valence-corrected chi connectivity index (χ4v) is 4.66. The Bertz CT molecular complexity index is 1050. The Balaban J connectivity index is 1.55. The minimum atomic E-state index is -1.58. The molecule has 3 amide bonds. The Morgan fingerprint density at radius 2 is 1.94 bits per heavy atom. The van der Waals surface area contributed by atoms with Gasteiger partial charge in [-0.1, -0.05) is 36.4 Å². The van der Waals surface area contributed by atoms with Crippen LogP contribution in [0.3, 0.4) is 0 Å². The molecule has 0 aliphatic carbocycles. The molecule has 2 atom stereocenters. The van der Waals surface area contributed by atoms with Crippen LogP contribution in [0.15, 0.2) is 48.5 Å². The first-order valence-corrected chi connectivity index (χ1v) is 10.9. The van der Waals surface area contributed by atoms with E-state index in [1.165, 1.54) is 30.2 Å². The number of para-hydroxylation sites is 1. The van der Waals surface area contributed by atoms with Crippen molar-refractivity contribution in [3.8, 4) is 5.75 Å². The normalized spacial score (nSPS) is 21.8. The van der Waals surface area contributed by atoms with E-state index in [-0.39, 0.29) is 43.6 Å². The van der Waals surface area contributed by atoms with Gasteiger partial charge in [0.05, 0.1) is 25.1 Å². The second-order valence-electron chi connectivity index (χ2n) is 8.58. The molecule has 0 saturated carbocycles. The molecule has 174 valence electrons. The number of methoxy groups -OCH3 is 1. The van der Waals surface area contributed by atoms with E-state index in [0.29, 0.717) is 13.0 Å². The summed E-state index contributed by atoms with van der Waals surface area (Å²) in [5.74, 6) is -1.17. The van der Waals surface area contributed by atoms with E-state index < -0.39 is 23.0 Å². The number of hydrogen-bond donors (Lipinski definition) is 0. The molecule has 1 fully saturated rings. The first-order valence-electron chi connectivity index (χ1n) is 10.9. The third-order valence-corrected chi connectivity index (χ3v) is 6.39. The van der Waals surface area contributed by atoms with Crippen molar-refractivity contribution in [2.45, 2.75) is 30.8 Å². The number of imide groups is 1. The number of ether oxygens (including phenoxy) is 2. The minimum Gasteiger partial charge on any atom is -0.488 e. The molecule has 4 rings (SSSR count). The highest BCUT2D eigenvalue weighted by Crippen LogP contribution is 2.41. The summed E-state index contributed by atoms with van der Waals surface area (Å²) in [6.45, 7) is 0.539. The van der Waals surface area contributed by atoms with Gasteiger partial charge in [-0.3, -0.25) is 19.3 Å². The number of likely N-dealkylation sites (tertiary alicyclic amines) is 1. The third-order valence-electron chi connectivity index (χ3n) is 6.39. The van der Waals surface area contributed by atoms with E-state index in [4.69, 9.17) is 9.47 Å². The molecule has 2 aliphatic heterocycles. The average Bonchev–Trinajstić information content (AvgIpc) is 3.30. The van der Waals surface area contributed by atoms with E-state index in [0.717, 1.165) is 16.2 Å². The Labute approximate surface area is 192 Å². The summed E-state index contributed by atoms with van der Waals surface area (Å²) in [5, 5.41) is 0. The maximum atomic E-state index is 14.8. The van der Waals surface area contributed by atoms with Gasteiger partial charge in [0.1, 0.15) is 17.7 Å². The van der Waals surface area contributed by atoms with Gasteiger partial charge in [-0.2, -0.15) is 0 Å². The van der Waals surface area contributed by atoms with Gasteiger partial charge in [-0.15, -0.1) is 0 Å². The van der Waals surface area contributed by atoms with Crippen molar-refractivity contribution >= 4 is 17.7 Å². The Morgan fingerprint density at radius 1 is 1.21 bits per heavy atom. The monoisotopic (exact) mass is 454 g/mol. The molecule has 0 N–H and O–H groups in total. The van der Waals surface area contributed by atoms with Crippen molar-refractivity contribution in [2.24, 2.45) is 0 Å². The lowest BCUT2D eigenvalue weighted by molar-refractivity contribution is -0.143. The van der Waals surface area contributed by atoms with Crippen LogP contribution in [0.5, 0.6) is 5.75 Å². The molecule has 33 heavy (non-hydrogen) atoms. The maximum absolute atomic E-state index is 14.8. The molecular formula is C25H27FN2O5. The van der Waals surface area contributed by atoms with Crippen molar-refractivity contribution in [3.05, 3.63) is 65.5 Å². The summed E-state index contributed by atoms with van der Waals surface area (Å²) in [7, 11) is 3.10. The van der Waals surface area contributed by atoms with E-state index >= 15 is 0 Å². The number of halogens is 1. The molecule has 2 heterocycles. The van der Waals surface area contributed by atoms with Crippen LogP contribution in [0.25, 0.3) is 0 Å². The summed E-state index contributed by atoms with van der Waals surface area (Å²) < 4.78 is 25.8. The number of benzene rings is 2. The molecule has 2 aliphatic rings. The zero-order valence-corrected chi connectivity index (χ0v) is 18.8. The second-order valence-corrected chi connectivity index (χ2v) is 8.58. The van der Waals surface area contributed by atoms with Crippen LogP contribution in [0, 0.1) is 5.82 Å². The fraction of sp³-hybridized carbons (Fsp3) is 0.400. The first kappa shape index (κ1) is 22.9. The van der Waals surface area contributed by atoms with Crippen molar-refractivity contribution < 1.29 is 28.2 Å². The largest absolute Gasteiger partial charge is 0.488 e. The van der Waals surface area contributed by atoms with Crippen molar-refractivity contribution in [3.63, 3.8) is 0 Å². The smallest absolute Gasteiger partial charge is 0.241 e. The molecule has 0 bridgehead atoms. The van der Waals surface area contributed by atoms with Gasteiger partial charge in [-0.25, -0.2) is 4.39 Å². The van der Waals surface area contributed by atoms with Gasteiger partial charge < -0.3 is 14.4 Å². The summed E-state index contributed by atoms with van der Waals surface area (Å²) in [6, 6.07) is 13.5. The number of nitrogens with zero attached hydrogens (tertiary/aromatic N) is 2. The van der Waals surface area contributed by atoms with Crippen LogP contribution in [0.2, 0.25) is 0 Å². The van der Waals surface area contributed by atoms with Gasteiger partial charge in [0.2, 0.25) is 17.7 Å². The number of hydrogen-bond acceptors (Lipinski definition) is 5. The van der Waals surface area contributed by atoms with Gasteiger partial charge in [0, 0.05) is 39.0 Å². The minimum absolute atomic E-state index is 0.0581. The Hall–Kier alpha value is -3.26. The lowest BCUT2D eigenvalue weighted by atomic mass is 9.75.